The Bertz CT molecular complexity index is 681. The first-order valence-electron chi connectivity index (χ1n) is 6.73. The van der Waals surface area contributed by atoms with Crippen molar-refractivity contribution in [1.29, 1.82) is 5.26 Å². The Morgan fingerprint density at radius 1 is 1.14 bits per heavy atom. The van der Waals surface area contributed by atoms with Crippen LogP contribution in [0.4, 0.5) is 0 Å². The molecule has 0 bridgehead atoms. The molecule has 2 aromatic rings. The molecule has 0 saturated carbocycles. The predicted molar refractivity (Wildman–Crippen MR) is 87.1 cm³/mol. The molecule has 0 N–H and O–H groups in total. The van der Waals surface area contributed by atoms with Crippen molar-refractivity contribution in [3.05, 3.63) is 64.7 Å². The maximum Gasteiger partial charge on any atom is 0.119 e. The zero-order valence-electron chi connectivity index (χ0n) is 12.0. The average Bonchev–Trinajstić information content (AvgIpc) is 2.47. The van der Waals surface area contributed by atoms with Crippen molar-refractivity contribution in [2.24, 2.45) is 0 Å². The van der Waals surface area contributed by atoms with Gasteiger partial charge < -0.3 is 4.74 Å². The van der Waals surface area contributed by atoms with Gasteiger partial charge in [0.1, 0.15) is 5.75 Å². The van der Waals surface area contributed by atoms with Crippen LogP contribution in [0.2, 0.25) is 5.02 Å². The lowest BCUT2D eigenvalue weighted by Crippen LogP contribution is -2.05. The van der Waals surface area contributed by atoms with Gasteiger partial charge in [0.25, 0.3) is 0 Å². The fraction of sp³-hybridized carbons (Fsp3) is 0.167. The van der Waals surface area contributed by atoms with Crippen molar-refractivity contribution in [1.82, 2.24) is 0 Å². The van der Waals surface area contributed by atoms with Crippen LogP contribution in [0.5, 0.6) is 5.75 Å². The summed E-state index contributed by atoms with van der Waals surface area (Å²) in [5.74, 6) is 0.818. The van der Waals surface area contributed by atoms with Crippen LogP contribution in [0.1, 0.15) is 25.0 Å². The Morgan fingerprint density at radius 3 is 2.38 bits per heavy atom. The molecule has 0 aromatic heterocycles. The molecule has 3 heteroatoms. The van der Waals surface area contributed by atoms with Gasteiger partial charge in [-0.25, -0.2) is 0 Å². The molecular weight excluding hydrogens is 282 g/mol. The largest absolute Gasteiger partial charge is 0.491 e. The number of nitriles is 1. The molecule has 0 fully saturated rings. The van der Waals surface area contributed by atoms with Crippen molar-refractivity contribution in [3.63, 3.8) is 0 Å². The van der Waals surface area contributed by atoms with Crippen LogP contribution >= 0.6 is 11.6 Å². The van der Waals surface area contributed by atoms with E-state index in [0.717, 1.165) is 16.9 Å². The summed E-state index contributed by atoms with van der Waals surface area (Å²) in [5.41, 5.74) is 2.21. The minimum Gasteiger partial charge on any atom is -0.491 e. The maximum atomic E-state index is 9.34. The minimum atomic E-state index is 0.143. The summed E-state index contributed by atoms with van der Waals surface area (Å²) in [6.07, 6.45) is 1.96. The van der Waals surface area contributed by atoms with Crippen LogP contribution in [0.25, 0.3) is 11.6 Å². The van der Waals surface area contributed by atoms with Gasteiger partial charge in [-0.1, -0.05) is 41.9 Å². The Labute approximate surface area is 130 Å². The molecule has 0 unspecified atom stereocenters. The monoisotopic (exact) mass is 297 g/mol. The second kappa shape index (κ2) is 6.97. The maximum absolute atomic E-state index is 9.34. The summed E-state index contributed by atoms with van der Waals surface area (Å²) in [5, 5.41) is 9.91. The molecule has 0 atom stereocenters. The molecule has 2 aromatic carbocycles. The van der Waals surface area contributed by atoms with Gasteiger partial charge in [-0.2, -0.15) is 5.26 Å². The molecule has 2 rings (SSSR count). The second-order valence-corrected chi connectivity index (χ2v) is 5.29. The van der Waals surface area contributed by atoms with Crippen molar-refractivity contribution >= 4 is 23.3 Å². The van der Waals surface area contributed by atoms with E-state index in [4.69, 9.17) is 16.3 Å². The zero-order chi connectivity index (χ0) is 15.2. The molecule has 21 heavy (non-hydrogen) atoms. The number of ether oxygens (including phenoxy) is 1. The number of hydrogen-bond donors (Lipinski definition) is 0. The summed E-state index contributed by atoms with van der Waals surface area (Å²) in [7, 11) is 0. The Kier molecular flexibility index (Phi) is 5.03. The molecular formula is C18H16ClNO. The third kappa shape index (κ3) is 4.11. The van der Waals surface area contributed by atoms with Gasteiger partial charge in [0.15, 0.2) is 0 Å². The lowest BCUT2D eigenvalue weighted by atomic mass is 10.0. The Morgan fingerprint density at radius 2 is 1.81 bits per heavy atom. The van der Waals surface area contributed by atoms with E-state index in [1.54, 1.807) is 6.07 Å². The highest BCUT2D eigenvalue weighted by molar-refractivity contribution is 6.32. The lowest BCUT2D eigenvalue weighted by Gasteiger charge is -2.09. The zero-order valence-corrected chi connectivity index (χ0v) is 12.8. The molecule has 0 spiro atoms. The minimum absolute atomic E-state index is 0.143. The molecule has 0 aliphatic rings. The first-order chi connectivity index (χ1) is 10.1. The van der Waals surface area contributed by atoms with E-state index in [9.17, 15) is 5.26 Å². The van der Waals surface area contributed by atoms with Gasteiger partial charge in [-0.05, 0) is 43.7 Å². The number of allylic oxidation sites excluding steroid dienone is 1. The number of halogens is 1. The highest BCUT2D eigenvalue weighted by Gasteiger charge is 2.05. The number of hydrogen-bond acceptors (Lipinski definition) is 2. The summed E-state index contributed by atoms with van der Waals surface area (Å²) < 4.78 is 5.60. The van der Waals surface area contributed by atoms with Crippen molar-refractivity contribution in [2.45, 2.75) is 20.0 Å². The predicted octanol–water partition coefficient (Wildman–Crippen LogP) is 5.19. The quantitative estimate of drug-likeness (QED) is 0.574. The van der Waals surface area contributed by atoms with Crippen LogP contribution in [-0.4, -0.2) is 6.10 Å². The highest BCUT2D eigenvalue weighted by atomic mass is 35.5. The number of nitrogens with zero attached hydrogens (tertiary/aromatic N) is 1. The van der Waals surface area contributed by atoms with Gasteiger partial charge in [0.2, 0.25) is 0 Å². The summed E-state index contributed by atoms with van der Waals surface area (Å²) in [6, 6.07) is 17.2. The summed E-state index contributed by atoms with van der Waals surface area (Å²) >= 11 is 6.13. The first kappa shape index (κ1) is 15.2. The van der Waals surface area contributed by atoms with E-state index in [0.29, 0.717) is 10.6 Å². The molecule has 106 valence electrons. The van der Waals surface area contributed by atoms with Crippen LogP contribution in [0.15, 0.2) is 48.5 Å². The standard InChI is InChI=1S/C18H16ClNO/c1-13(2)21-16-9-7-14(8-10-16)11-15(12-20)17-5-3-4-6-18(17)19/h3-11,13H,1-2H3. The summed E-state index contributed by atoms with van der Waals surface area (Å²) in [6.45, 7) is 3.97. The summed E-state index contributed by atoms with van der Waals surface area (Å²) in [4.78, 5) is 0. The van der Waals surface area contributed by atoms with E-state index in [1.165, 1.54) is 0 Å². The van der Waals surface area contributed by atoms with E-state index >= 15 is 0 Å². The van der Waals surface area contributed by atoms with Crippen LogP contribution < -0.4 is 4.74 Å². The van der Waals surface area contributed by atoms with E-state index in [1.807, 2.05) is 62.4 Å². The lowest BCUT2D eigenvalue weighted by molar-refractivity contribution is 0.242. The molecule has 0 heterocycles. The molecule has 0 amide bonds. The SMILES string of the molecule is CC(C)Oc1ccc(C=C(C#N)c2ccccc2Cl)cc1. The van der Waals surface area contributed by atoms with Crippen LogP contribution in [0, 0.1) is 11.3 Å². The Balaban J connectivity index is 2.29. The molecule has 0 saturated heterocycles. The Hall–Kier alpha value is -2.24. The topological polar surface area (TPSA) is 33.0 Å². The van der Waals surface area contributed by atoms with Gasteiger partial charge in [0, 0.05) is 10.6 Å². The highest BCUT2D eigenvalue weighted by Crippen LogP contribution is 2.25. The van der Waals surface area contributed by atoms with Crippen LogP contribution in [0.3, 0.4) is 0 Å². The second-order valence-electron chi connectivity index (χ2n) is 4.89. The fourth-order valence-corrected chi connectivity index (χ4v) is 2.17. The third-order valence-corrected chi connectivity index (χ3v) is 3.18. The number of rotatable bonds is 4. The van der Waals surface area contributed by atoms with Crippen LogP contribution in [-0.2, 0) is 0 Å². The normalized spacial score (nSPS) is 11.3. The fourth-order valence-electron chi connectivity index (χ4n) is 1.93. The van der Waals surface area contributed by atoms with Crippen molar-refractivity contribution in [2.75, 3.05) is 0 Å². The van der Waals surface area contributed by atoms with Gasteiger partial charge in [0.05, 0.1) is 17.7 Å². The molecule has 2 nitrogen and oxygen atoms in total. The van der Waals surface area contributed by atoms with E-state index in [2.05, 4.69) is 6.07 Å². The van der Waals surface area contributed by atoms with E-state index in [-0.39, 0.29) is 6.10 Å². The first-order valence-corrected chi connectivity index (χ1v) is 7.11. The molecule has 0 aliphatic heterocycles. The average molecular weight is 298 g/mol. The van der Waals surface area contributed by atoms with Gasteiger partial charge >= 0.3 is 0 Å². The van der Waals surface area contributed by atoms with Gasteiger partial charge in [-0.3, -0.25) is 0 Å². The van der Waals surface area contributed by atoms with E-state index < -0.39 is 0 Å². The smallest absolute Gasteiger partial charge is 0.119 e. The molecule has 0 aliphatic carbocycles. The van der Waals surface area contributed by atoms with Crippen molar-refractivity contribution < 1.29 is 4.74 Å². The number of benzene rings is 2. The molecule has 0 radical (unpaired) electrons. The third-order valence-electron chi connectivity index (χ3n) is 2.85. The van der Waals surface area contributed by atoms with Crippen molar-refractivity contribution in [3.8, 4) is 11.8 Å². The van der Waals surface area contributed by atoms with Gasteiger partial charge in [-0.15, -0.1) is 0 Å².